The first-order valence-electron chi connectivity index (χ1n) is 8.28. The van der Waals surface area contributed by atoms with Gasteiger partial charge in [-0.2, -0.15) is 0 Å². The Bertz CT molecular complexity index is 459. The van der Waals surface area contributed by atoms with Crippen LogP contribution < -0.4 is 0 Å². The Hall–Kier alpha value is -1.02. The summed E-state index contributed by atoms with van der Waals surface area (Å²) in [5, 5.41) is 0.739. The van der Waals surface area contributed by atoms with E-state index in [1.165, 1.54) is 6.42 Å². The van der Waals surface area contributed by atoms with Crippen molar-refractivity contribution in [3.63, 3.8) is 0 Å². The summed E-state index contributed by atoms with van der Waals surface area (Å²) in [4.78, 5) is 15.0. The van der Waals surface area contributed by atoms with Crippen molar-refractivity contribution in [1.29, 1.82) is 0 Å². The number of rotatable bonds is 2. The second-order valence-electron chi connectivity index (χ2n) is 5.80. The Morgan fingerprint density at radius 3 is 2.05 bits per heavy atom. The molecule has 1 aromatic carbocycles. The lowest BCUT2D eigenvalue weighted by Gasteiger charge is -2.45. The minimum absolute atomic E-state index is 0.248. The Balaban J connectivity index is 0.000000774. The van der Waals surface area contributed by atoms with E-state index >= 15 is 0 Å². The lowest BCUT2D eigenvalue weighted by atomic mass is 9.63. The number of carbonyl (C=O) groups is 1. The van der Waals surface area contributed by atoms with Crippen molar-refractivity contribution < 1.29 is 4.79 Å². The van der Waals surface area contributed by atoms with Crippen molar-refractivity contribution in [2.24, 2.45) is 0 Å². The first kappa shape index (κ1) is 16.4. The molecule has 0 unspecified atom stereocenters. The molecule has 2 aliphatic rings. The van der Waals surface area contributed by atoms with Crippen LogP contribution in [0, 0.1) is 0 Å². The molecule has 1 aliphatic carbocycles. The van der Waals surface area contributed by atoms with E-state index in [1.807, 2.05) is 38.1 Å². The number of piperidine rings is 1. The fourth-order valence-corrected chi connectivity index (χ4v) is 3.45. The van der Waals surface area contributed by atoms with Crippen LogP contribution in [0.5, 0.6) is 0 Å². The molecule has 2 nitrogen and oxygen atoms in total. The van der Waals surface area contributed by atoms with Crippen LogP contribution in [0.2, 0.25) is 5.02 Å². The molecule has 0 atom stereocenters. The maximum atomic E-state index is 12.9. The lowest BCUT2D eigenvalue weighted by Crippen LogP contribution is -2.52. The second-order valence-corrected chi connectivity index (χ2v) is 6.23. The second kappa shape index (κ2) is 7.31. The summed E-state index contributed by atoms with van der Waals surface area (Å²) in [6.45, 7) is 5.88. The fourth-order valence-electron chi connectivity index (χ4n) is 3.32. The van der Waals surface area contributed by atoms with Crippen molar-refractivity contribution >= 4 is 17.5 Å². The normalized spacial score (nSPS) is 20.0. The summed E-state index contributed by atoms with van der Waals surface area (Å²) >= 11 is 5.96. The first-order chi connectivity index (χ1) is 10.2. The Morgan fingerprint density at radius 2 is 1.57 bits per heavy atom. The Kier molecular flexibility index (Phi) is 5.69. The van der Waals surface area contributed by atoms with Crippen LogP contribution in [0.1, 0.15) is 57.9 Å². The van der Waals surface area contributed by atoms with E-state index < -0.39 is 0 Å². The summed E-state index contributed by atoms with van der Waals surface area (Å²) < 4.78 is 0. The number of nitrogens with zero attached hydrogens (tertiary/aromatic N) is 1. The monoisotopic (exact) mass is 307 g/mol. The number of hydrogen-bond donors (Lipinski definition) is 0. The van der Waals surface area contributed by atoms with E-state index in [0.717, 1.165) is 55.8 Å². The molecule has 0 aromatic heterocycles. The van der Waals surface area contributed by atoms with Crippen molar-refractivity contribution in [1.82, 2.24) is 4.90 Å². The SMILES string of the molecule is CC.O=C(N1CCCCC1)C1(c2ccc(Cl)cc2)CCC1. The zero-order valence-electron chi connectivity index (χ0n) is 13.2. The fraction of sp³-hybridized carbons (Fsp3) is 0.611. The highest BCUT2D eigenvalue weighted by Crippen LogP contribution is 2.45. The molecule has 21 heavy (non-hydrogen) atoms. The van der Waals surface area contributed by atoms with Crippen LogP contribution in [-0.4, -0.2) is 23.9 Å². The third kappa shape index (κ3) is 3.26. The van der Waals surface area contributed by atoms with Gasteiger partial charge in [0.05, 0.1) is 5.41 Å². The molecular formula is C18H26ClNO. The van der Waals surface area contributed by atoms with E-state index in [4.69, 9.17) is 11.6 Å². The van der Waals surface area contributed by atoms with Gasteiger partial charge in [-0.15, -0.1) is 0 Å². The number of carbonyl (C=O) groups excluding carboxylic acids is 1. The molecule has 0 N–H and O–H groups in total. The average molecular weight is 308 g/mol. The van der Waals surface area contributed by atoms with Crippen molar-refractivity contribution in [2.75, 3.05) is 13.1 Å². The smallest absolute Gasteiger partial charge is 0.233 e. The number of benzene rings is 1. The predicted molar refractivity (Wildman–Crippen MR) is 88.8 cm³/mol. The molecule has 1 saturated carbocycles. The van der Waals surface area contributed by atoms with Crippen LogP contribution >= 0.6 is 11.6 Å². The summed E-state index contributed by atoms with van der Waals surface area (Å²) in [5.74, 6) is 0.348. The molecule has 1 amide bonds. The lowest BCUT2D eigenvalue weighted by molar-refractivity contribution is -0.141. The van der Waals surface area contributed by atoms with Crippen LogP contribution in [0.15, 0.2) is 24.3 Å². The number of hydrogen-bond acceptors (Lipinski definition) is 1. The Labute approximate surface area is 133 Å². The van der Waals surface area contributed by atoms with Gasteiger partial charge in [0.2, 0.25) is 5.91 Å². The predicted octanol–water partition coefficient (Wildman–Crippen LogP) is 4.80. The minimum Gasteiger partial charge on any atom is -0.342 e. The van der Waals surface area contributed by atoms with Crippen LogP contribution in [0.25, 0.3) is 0 Å². The zero-order chi connectivity index (χ0) is 15.3. The van der Waals surface area contributed by atoms with Crippen LogP contribution in [-0.2, 0) is 10.2 Å². The molecule has 0 spiro atoms. The van der Waals surface area contributed by atoms with Crippen molar-refractivity contribution in [2.45, 2.75) is 57.8 Å². The molecule has 1 aromatic rings. The van der Waals surface area contributed by atoms with E-state index in [0.29, 0.717) is 5.91 Å². The van der Waals surface area contributed by atoms with Gasteiger partial charge in [-0.1, -0.05) is 44.0 Å². The molecular weight excluding hydrogens is 282 g/mol. The standard InChI is InChI=1S/C16H20ClNO.C2H6/c17-14-7-5-13(6-8-14)16(9-4-10-16)15(19)18-11-2-1-3-12-18;1-2/h5-8H,1-4,9-12H2;1-2H3. The van der Waals surface area contributed by atoms with E-state index in [1.54, 1.807) is 0 Å². The maximum absolute atomic E-state index is 12.9. The molecule has 1 aliphatic heterocycles. The van der Waals surface area contributed by atoms with E-state index in [9.17, 15) is 4.79 Å². The molecule has 1 saturated heterocycles. The third-order valence-corrected chi connectivity index (χ3v) is 4.91. The van der Waals surface area contributed by atoms with E-state index in [-0.39, 0.29) is 5.41 Å². The van der Waals surface area contributed by atoms with Gasteiger partial charge >= 0.3 is 0 Å². The quantitative estimate of drug-likeness (QED) is 0.768. The van der Waals surface area contributed by atoms with Gasteiger partial charge in [-0.25, -0.2) is 0 Å². The summed E-state index contributed by atoms with van der Waals surface area (Å²) in [6.07, 6.45) is 6.71. The third-order valence-electron chi connectivity index (χ3n) is 4.66. The van der Waals surface area contributed by atoms with Gasteiger partial charge in [-0.3, -0.25) is 4.79 Å². The number of amides is 1. The Morgan fingerprint density at radius 1 is 1.00 bits per heavy atom. The average Bonchev–Trinajstić information content (AvgIpc) is 2.51. The van der Waals surface area contributed by atoms with E-state index in [2.05, 4.69) is 4.90 Å². The summed E-state index contributed by atoms with van der Waals surface area (Å²) in [5.41, 5.74) is 0.904. The van der Waals surface area contributed by atoms with Crippen LogP contribution in [0.4, 0.5) is 0 Å². The van der Waals surface area contributed by atoms with Gasteiger partial charge in [0.15, 0.2) is 0 Å². The molecule has 0 radical (unpaired) electrons. The van der Waals surface area contributed by atoms with Gasteiger partial charge in [0.1, 0.15) is 0 Å². The highest BCUT2D eigenvalue weighted by atomic mass is 35.5. The van der Waals surface area contributed by atoms with Gasteiger partial charge in [0, 0.05) is 18.1 Å². The first-order valence-corrected chi connectivity index (χ1v) is 8.66. The zero-order valence-corrected chi connectivity index (χ0v) is 14.0. The molecule has 0 bridgehead atoms. The topological polar surface area (TPSA) is 20.3 Å². The number of likely N-dealkylation sites (tertiary alicyclic amines) is 1. The molecule has 3 heteroatoms. The van der Waals surface area contributed by atoms with Gasteiger partial charge in [0.25, 0.3) is 0 Å². The van der Waals surface area contributed by atoms with Crippen molar-refractivity contribution in [3.05, 3.63) is 34.9 Å². The molecule has 116 valence electrons. The molecule has 2 fully saturated rings. The highest BCUT2D eigenvalue weighted by molar-refractivity contribution is 6.30. The highest BCUT2D eigenvalue weighted by Gasteiger charge is 2.47. The summed E-state index contributed by atoms with van der Waals surface area (Å²) in [7, 11) is 0. The van der Waals surface area contributed by atoms with Gasteiger partial charge < -0.3 is 4.90 Å². The van der Waals surface area contributed by atoms with Crippen molar-refractivity contribution in [3.8, 4) is 0 Å². The maximum Gasteiger partial charge on any atom is 0.233 e. The van der Waals surface area contributed by atoms with Gasteiger partial charge in [-0.05, 0) is 49.8 Å². The van der Waals surface area contributed by atoms with Crippen LogP contribution in [0.3, 0.4) is 0 Å². The minimum atomic E-state index is -0.248. The molecule has 1 heterocycles. The number of halogens is 1. The molecule has 3 rings (SSSR count). The summed E-state index contributed by atoms with van der Waals surface area (Å²) in [6, 6.07) is 7.87. The largest absolute Gasteiger partial charge is 0.342 e.